The Labute approximate surface area is 200 Å². The lowest BCUT2D eigenvalue weighted by atomic mass is 9.93. The maximum Gasteiger partial charge on any atom is 0.407 e. The van der Waals surface area contributed by atoms with Crippen molar-refractivity contribution in [3.8, 4) is 11.1 Å². The van der Waals surface area contributed by atoms with Crippen molar-refractivity contribution in [3.05, 3.63) is 59.7 Å². The second-order valence-corrected chi connectivity index (χ2v) is 9.16. The number of aliphatic carboxylic acids is 1. The number of hydrogen-bond acceptors (Lipinski definition) is 4. The molecule has 1 saturated heterocycles. The van der Waals surface area contributed by atoms with Gasteiger partial charge in [0.15, 0.2) is 0 Å². The Bertz CT molecular complexity index is 1010. The van der Waals surface area contributed by atoms with E-state index in [9.17, 15) is 14.4 Å². The number of fused-ring (bicyclic) bond motifs is 3. The Hall–Kier alpha value is -3.35. The summed E-state index contributed by atoms with van der Waals surface area (Å²) in [4.78, 5) is 38.4. The highest BCUT2D eigenvalue weighted by Crippen LogP contribution is 2.44. The first-order chi connectivity index (χ1) is 16.5. The van der Waals surface area contributed by atoms with Gasteiger partial charge in [-0.25, -0.2) is 4.79 Å². The summed E-state index contributed by atoms with van der Waals surface area (Å²) in [6.07, 6.45) is 2.31. The number of carboxylic acids is 1. The lowest BCUT2D eigenvalue weighted by Crippen LogP contribution is -2.51. The zero-order valence-electron chi connectivity index (χ0n) is 19.5. The number of hydrogen-bond donors (Lipinski definition) is 2. The summed E-state index contributed by atoms with van der Waals surface area (Å²) in [6.45, 7) is 3.23. The minimum Gasteiger partial charge on any atom is -0.481 e. The predicted octanol–water partition coefficient (Wildman–Crippen LogP) is 4.41. The molecule has 4 rings (SSSR count). The average molecular weight is 465 g/mol. The topological polar surface area (TPSA) is 95.9 Å². The SMILES string of the molecule is CC[C@H](NC(=O)OCC1c2ccccc2-c2ccccc21)C(=O)N1CCCC(CCC(=O)O)C1. The number of nitrogens with zero attached hydrogens (tertiary/aromatic N) is 1. The minimum absolute atomic E-state index is 0.0361. The molecule has 34 heavy (non-hydrogen) atoms. The molecule has 0 spiro atoms. The summed E-state index contributed by atoms with van der Waals surface area (Å²) >= 11 is 0. The fraction of sp³-hybridized carbons (Fsp3) is 0.444. The highest BCUT2D eigenvalue weighted by molar-refractivity contribution is 5.86. The normalized spacial score (nSPS) is 18.0. The molecule has 0 bridgehead atoms. The van der Waals surface area contributed by atoms with Crippen molar-refractivity contribution < 1.29 is 24.2 Å². The maximum absolute atomic E-state index is 13.1. The second kappa shape index (κ2) is 10.7. The van der Waals surface area contributed by atoms with Crippen molar-refractivity contribution in [2.75, 3.05) is 19.7 Å². The molecule has 0 radical (unpaired) electrons. The summed E-state index contributed by atoms with van der Waals surface area (Å²) in [5, 5.41) is 11.7. The number of alkyl carbamates (subject to hydrolysis) is 1. The molecule has 0 saturated carbocycles. The molecule has 7 nitrogen and oxygen atoms in total. The molecule has 2 aromatic rings. The lowest BCUT2D eigenvalue weighted by Gasteiger charge is -2.34. The smallest absolute Gasteiger partial charge is 0.407 e. The number of rotatable bonds is 8. The first kappa shape index (κ1) is 23.8. The Balaban J connectivity index is 1.34. The van der Waals surface area contributed by atoms with Crippen molar-refractivity contribution in [3.63, 3.8) is 0 Å². The second-order valence-electron chi connectivity index (χ2n) is 9.16. The first-order valence-corrected chi connectivity index (χ1v) is 12.1. The molecule has 180 valence electrons. The third kappa shape index (κ3) is 5.24. The van der Waals surface area contributed by atoms with Crippen LogP contribution in [0.4, 0.5) is 4.79 Å². The van der Waals surface area contributed by atoms with E-state index in [-0.39, 0.29) is 30.8 Å². The standard InChI is InChI=1S/C27H32N2O5/c1-2-24(26(32)29-15-7-8-18(16-29)13-14-25(30)31)28-27(33)34-17-23-21-11-5-3-9-19(21)20-10-4-6-12-22(20)23/h3-6,9-12,18,23-24H,2,7-8,13-17H2,1H3,(H,28,33)(H,30,31)/t18?,24-/m0/s1. The van der Waals surface area contributed by atoms with Gasteiger partial charge in [0.1, 0.15) is 12.6 Å². The van der Waals surface area contributed by atoms with Crippen molar-refractivity contribution in [2.45, 2.75) is 51.0 Å². The van der Waals surface area contributed by atoms with Crippen LogP contribution in [-0.2, 0) is 14.3 Å². The Morgan fingerprint density at radius 3 is 2.35 bits per heavy atom. The summed E-state index contributed by atoms with van der Waals surface area (Å²) in [7, 11) is 0. The number of carboxylic acid groups (broad SMARTS) is 1. The quantitative estimate of drug-likeness (QED) is 0.603. The summed E-state index contributed by atoms with van der Waals surface area (Å²) in [5.41, 5.74) is 4.60. The van der Waals surface area contributed by atoms with E-state index < -0.39 is 18.1 Å². The van der Waals surface area contributed by atoms with Gasteiger partial charge in [-0.1, -0.05) is 55.5 Å². The molecule has 1 aliphatic carbocycles. The van der Waals surface area contributed by atoms with E-state index in [2.05, 4.69) is 29.6 Å². The van der Waals surface area contributed by atoms with Gasteiger partial charge in [0.25, 0.3) is 0 Å². The van der Waals surface area contributed by atoms with Gasteiger partial charge in [0.2, 0.25) is 5.91 Å². The van der Waals surface area contributed by atoms with Crippen LogP contribution in [0.3, 0.4) is 0 Å². The lowest BCUT2D eigenvalue weighted by molar-refractivity contribution is -0.137. The molecule has 1 fully saturated rings. The molecule has 2 aromatic carbocycles. The highest BCUT2D eigenvalue weighted by atomic mass is 16.5. The Kier molecular flexibility index (Phi) is 7.50. The number of carbonyl (C=O) groups is 3. The van der Waals surface area contributed by atoms with Crippen molar-refractivity contribution >= 4 is 18.0 Å². The van der Waals surface area contributed by atoms with Gasteiger partial charge >= 0.3 is 12.1 Å². The molecular formula is C27H32N2O5. The predicted molar refractivity (Wildman–Crippen MR) is 128 cm³/mol. The fourth-order valence-corrected chi connectivity index (χ4v) is 5.17. The molecule has 7 heteroatoms. The van der Waals surface area contributed by atoms with Crippen LogP contribution in [0, 0.1) is 5.92 Å². The van der Waals surface area contributed by atoms with Crippen LogP contribution >= 0.6 is 0 Å². The Morgan fingerprint density at radius 2 is 1.74 bits per heavy atom. The number of carbonyl (C=O) groups excluding carboxylic acids is 2. The average Bonchev–Trinajstić information content (AvgIpc) is 3.18. The third-order valence-electron chi connectivity index (χ3n) is 6.94. The molecular weight excluding hydrogens is 432 g/mol. The monoisotopic (exact) mass is 464 g/mol. The van der Waals surface area contributed by atoms with Crippen molar-refractivity contribution in [1.82, 2.24) is 10.2 Å². The molecule has 1 aliphatic heterocycles. The van der Waals surface area contributed by atoms with E-state index >= 15 is 0 Å². The van der Waals surface area contributed by atoms with Crippen LogP contribution in [0.1, 0.15) is 56.1 Å². The van der Waals surface area contributed by atoms with E-state index in [1.165, 1.54) is 0 Å². The van der Waals surface area contributed by atoms with Gasteiger partial charge in [-0.2, -0.15) is 0 Å². The number of piperidine rings is 1. The molecule has 0 aromatic heterocycles. The molecule has 2 atom stereocenters. The molecule has 2 aliphatic rings. The largest absolute Gasteiger partial charge is 0.481 e. The Morgan fingerprint density at radius 1 is 1.09 bits per heavy atom. The summed E-state index contributed by atoms with van der Waals surface area (Å²) < 4.78 is 5.61. The van der Waals surface area contributed by atoms with Gasteiger partial charge in [-0.15, -0.1) is 0 Å². The van der Waals surface area contributed by atoms with E-state index in [4.69, 9.17) is 9.84 Å². The van der Waals surface area contributed by atoms with Crippen LogP contribution in [-0.4, -0.2) is 53.7 Å². The molecule has 2 amide bonds. The summed E-state index contributed by atoms with van der Waals surface area (Å²) in [5.74, 6) is -0.797. The molecule has 2 N–H and O–H groups in total. The zero-order valence-corrected chi connectivity index (χ0v) is 19.5. The van der Waals surface area contributed by atoms with Crippen LogP contribution in [0.15, 0.2) is 48.5 Å². The van der Waals surface area contributed by atoms with Crippen LogP contribution in [0.25, 0.3) is 11.1 Å². The maximum atomic E-state index is 13.1. The van der Waals surface area contributed by atoms with Crippen LogP contribution < -0.4 is 5.32 Å². The number of benzene rings is 2. The zero-order chi connectivity index (χ0) is 24.1. The fourth-order valence-electron chi connectivity index (χ4n) is 5.17. The van der Waals surface area contributed by atoms with Gasteiger partial charge in [0.05, 0.1) is 0 Å². The number of amides is 2. The third-order valence-corrected chi connectivity index (χ3v) is 6.94. The van der Waals surface area contributed by atoms with Gasteiger partial charge in [0, 0.05) is 25.4 Å². The minimum atomic E-state index is -0.813. The van der Waals surface area contributed by atoms with Gasteiger partial charge in [-0.05, 0) is 53.9 Å². The first-order valence-electron chi connectivity index (χ1n) is 12.1. The van der Waals surface area contributed by atoms with E-state index in [0.717, 1.165) is 35.1 Å². The van der Waals surface area contributed by atoms with E-state index in [1.807, 2.05) is 31.2 Å². The van der Waals surface area contributed by atoms with Crippen LogP contribution in [0.5, 0.6) is 0 Å². The number of ether oxygens (including phenoxy) is 1. The number of nitrogens with one attached hydrogen (secondary N) is 1. The van der Waals surface area contributed by atoms with Crippen molar-refractivity contribution in [2.24, 2.45) is 5.92 Å². The van der Waals surface area contributed by atoms with E-state index in [1.54, 1.807) is 4.90 Å². The van der Waals surface area contributed by atoms with Crippen molar-refractivity contribution in [1.29, 1.82) is 0 Å². The van der Waals surface area contributed by atoms with Gasteiger partial charge < -0.3 is 20.1 Å². The number of likely N-dealkylation sites (tertiary alicyclic amines) is 1. The summed E-state index contributed by atoms with van der Waals surface area (Å²) in [6, 6.07) is 15.6. The van der Waals surface area contributed by atoms with Crippen LogP contribution in [0.2, 0.25) is 0 Å². The van der Waals surface area contributed by atoms with Gasteiger partial charge in [-0.3, -0.25) is 9.59 Å². The molecule has 1 heterocycles. The molecule has 1 unspecified atom stereocenters. The highest BCUT2D eigenvalue weighted by Gasteiger charge is 2.31. The van der Waals surface area contributed by atoms with E-state index in [0.29, 0.717) is 25.9 Å².